The Balaban J connectivity index is 2.78. The van der Waals surface area contributed by atoms with Crippen molar-refractivity contribution >= 4 is 16.9 Å². The molecule has 5 heteroatoms. The maximum absolute atomic E-state index is 12.0. The summed E-state index contributed by atoms with van der Waals surface area (Å²) in [5, 5.41) is 9.48. The lowest BCUT2D eigenvalue weighted by Gasteiger charge is -2.14. The van der Waals surface area contributed by atoms with Gasteiger partial charge < -0.3 is 14.4 Å². The van der Waals surface area contributed by atoms with Crippen LogP contribution in [0.2, 0.25) is 0 Å². The first kappa shape index (κ1) is 13.1. The fourth-order valence-corrected chi connectivity index (χ4v) is 2.21. The summed E-state index contributed by atoms with van der Waals surface area (Å²) in [5.74, 6) is -0.314. The van der Waals surface area contributed by atoms with Gasteiger partial charge in [-0.05, 0) is 19.1 Å². The van der Waals surface area contributed by atoms with Gasteiger partial charge in [0, 0.05) is 29.8 Å². The highest BCUT2D eigenvalue weighted by atomic mass is 16.5. The molecule has 0 aliphatic carbocycles. The van der Waals surface area contributed by atoms with Gasteiger partial charge in [-0.1, -0.05) is 0 Å². The van der Waals surface area contributed by atoms with Crippen LogP contribution >= 0.6 is 0 Å². The van der Waals surface area contributed by atoms with E-state index in [-0.39, 0.29) is 11.8 Å². The quantitative estimate of drug-likeness (QED) is 0.908. The number of hydrogen-bond donors (Lipinski definition) is 1. The first-order valence-corrected chi connectivity index (χ1v) is 5.99. The number of benzene rings is 1. The van der Waals surface area contributed by atoms with Crippen LogP contribution in [0.25, 0.3) is 10.9 Å². The molecule has 0 atom stereocenters. The van der Waals surface area contributed by atoms with Crippen LogP contribution < -0.4 is 10.2 Å². The summed E-state index contributed by atoms with van der Waals surface area (Å²) in [7, 11) is 1.55. The number of carbonyl (C=O) groups is 1. The molecule has 1 N–H and O–H groups in total. The molecule has 2 rings (SSSR count). The van der Waals surface area contributed by atoms with Crippen molar-refractivity contribution in [2.24, 2.45) is 0 Å². The number of methoxy groups -OCH3 is 1. The predicted molar refractivity (Wildman–Crippen MR) is 71.8 cm³/mol. The molecule has 5 nitrogen and oxygen atoms in total. The minimum Gasteiger partial charge on any atom is -0.497 e. The molecule has 1 heterocycles. The van der Waals surface area contributed by atoms with Gasteiger partial charge in [0.15, 0.2) is 5.43 Å². The lowest BCUT2D eigenvalue weighted by atomic mass is 10.1. The maximum atomic E-state index is 12.0. The summed E-state index contributed by atoms with van der Waals surface area (Å²) in [6.45, 7) is 2.50. The Morgan fingerprint density at radius 2 is 2.11 bits per heavy atom. The van der Waals surface area contributed by atoms with E-state index in [2.05, 4.69) is 0 Å². The summed E-state index contributed by atoms with van der Waals surface area (Å²) < 4.78 is 6.98. The summed E-state index contributed by atoms with van der Waals surface area (Å²) in [6.07, 6.45) is -0.170. The number of rotatable bonds is 4. The number of hydrogen-bond acceptors (Lipinski definition) is 3. The van der Waals surface area contributed by atoms with Gasteiger partial charge in [0.05, 0.1) is 19.0 Å². The Morgan fingerprint density at radius 1 is 1.37 bits per heavy atom. The van der Waals surface area contributed by atoms with E-state index in [4.69, 9.17) is 9.84 Å². The van der Waals surface area contributed by atoms with E-state index in [0.29, 0.717) is 28.9 Å². The highest BCUT2D eigenvalue weighted by Gasteiger charge is 2.11. The van der Waals surface area contributed by atoms with Gasteiger partial charge in [0.25, 0.3) is 0 Å². The number of aromatic nitrogens is 1. The fourth-order valence-electron chi connectivity index (χ4n) is 2.21. The van der Waals surface area contributed by atoms with Gasteiger partial charge in [-0.2, -0.15) is 0 Å². The van der Waals surface area contributed by atoms with Crippen LogP contribution in [0.3, 0.4) is 0 Å². The van der Waals surface area contributed by atoms with E-state index >= 15 is 0 Å². The van der Waals surface area contributed by atoms with Crippen LogP contribution in [0.15, 0.2) is 29.1 Å². The molecule has 1 aromatic heterocycles. The zero-order chi connectivity index (χ0) is 14.0. The molecule has 0 unspecified atom stereocenters. The summed E-state index contributed by atoms with van der Waals surface area (Å²) in [4.78, 5) is 22.9. The Kier molecular flexibility index (Phi) is 3.55. The number of aryl methyl sites for hydroxylation is 1. The first-order valence-electron chi connectivity index (χ1n) is 5.99. The normalized spacial score (nSPS) is 10.6. The zero-order valence-corrected chi connectivity index (χ0v) is 10.8. The van der Waals surface area contributed by atoms with Crippen LogP contribution in [0, 0.1) is 0 Å². The number of ether oxygens (including phenoxy) is 1. The smallest absolute Gasteiger partial charge is 0.309 e. The number of carboxylic acids is 1. The molecular weight excluding hydrogens is 246 g/mol. The van der Waals surface area contributed by atoms with Crippen molar-refractivity contribution in [2.75, 3.05) is 7.11 Å². The molecule has 0 amide bonds. The number of carboxylic acid groups (broad SMARTS) is 1. The van der Waals surface area contributed by atoms with Crippen molar-refractivity contribution in [3.05, 3.63) is 40.2 Å². The van der Waals surface area contributed by atoms with Crippen molar-refractivity contribution in [1.82, 2.24) is 4.57 Å². The SMILES string of the molecule is CCn1c(CC(=O)O)cc(=O)c2ccc(OC)cc21. The fraction of sp³-hybridized carbons (Fsp3) is 0.286. The molecule has 0 aliphatic heterocycles. The van der Waals surface area contributed by atoms with Crippen molar-refractivity contribution in [2.45, 2.75) is 19.9 Å². The Morgan fingerprint density at radius 3 is 2.68 bits per heavy atom. The molecule has 0 saturated heterocycles. The lowest BCUT2D eigenvalue weighted by Crippen LogP contribution is -2.16. The number of aliphatic carboxylic acids is 1. The van der Waals surface area contributed by atoms with Gasteiger partial charge in [-0.3, -0.25) is 9.59 Å². The second-order valence-corrected chi connectivity index (χ2v) is 4.20. The van der Waals surface area contributed by atoms with E-state index in [9.17, 15) is 9.59 Å². The molecule has 0 bridgehead atoms. The van der Waals surface area contributed by atoms with Gasteiger partial charge in [-0.25, -0.2) is 0 Å². The number of pyridine rings is 1. The molecule has 1 aromatic carbocycles. The summed E-state index contributed by atoms with van der Waals surface area (Å²) in [5.41, 5.74) is 1.03. The van der Waals surface area contributed by atoms with Crippen molar-refractivity contribution < 1.29 is 14.6 Å². The van der Waals surface area contributed by atoms with E-state index in [1.807, 2.05) is 11.5 Å². The first-order chi connectivity index (χ1) is 9.06. The minimum atomic E-state index is -0.955. The second kappa shape index (κ2) is 5.14. The highest BCUT2D eigenvalue weighted by Crippen LogP contribution is 2.20. The monoisotopic (exact) mass is 261 g/mol. The van der Waals surface area contributed by atoms with Crippen LogP contribution in [0.5, 0.6) is 5.75 Å². The molecule has 0 fully saturated rings. The second-order valence-electron chi connectivity index (χ2n) is 4.20. The lowest BCUT2D eigenvalue weighted by molar-refractivity contribution is -0.136. The summed E-state index contributed by atoms with van der Waals surface area (Å²) >= 11 is 0. The van der Waals surface area contributed by atoms with Gasteiger partial charge >= 0.3 is 5.97 Å². The average molecular weight is 261 g/mol. The average Bonchev–Trinajstić information content (AvgIpc) is 2.38. The van der Waals surface area contributed by atoms with Gasteiger partial charge in [0.1, 0.15) is 5.75 Å². The van der Waals surface area contributed by atoms with Crippen LogP contribution in [-0.4, -0.2) is 22.8 Å². The zero-order valence-electron chi connectivity index (χ0n) is 10.8. The molecule has 0 aliphatic rings. The number of fused-ring (bicyclic) bond motifs is 1. The minimum absolute atomic E-state index is 0.168. The van der Waals surface area contributed by atoms with Crippen LogP contribution in [0.1, 0.15) is 12.6 Å². The van der Waals surface area contributed by atoms with E-state index < -0.39 is 5.97 Å². The molecule has 100 valence electrons. The summed E-state index contributed by atoms with van der Waals surface area (Å²) in [6, 6.07) is 6.58. The molecule has 0 radical (unpaired) electrons. The Bertz CT molecular complexity index is 688. The van der Waals surface area contributed by atoms with Crippen molar-refractivity contribution in [3.8, 4) is 5.75 Å². The molecule has 2 aromatic rings. The highest BCUT2D eigenvalue weighted by molar-refractivity contribution is 5.81. The molecule has 19 heavy (non-hydrogen) atoms. The molecular formula is C14H15NO4. The molecule has 0 spiro atoms. The largest absolute Gasteiger partial charge is 0.497 e. The van der Waals surface area contributed by atoms with E-state index in [0.717, 1.165) is 0 Å². The van der Waals surface area contributed by atoms with Crippen molar-refractivity contribution in [1.29, 1.82) is 0 Å². The van der Waals surface area contributed by atoms with Gasteiger partial charge in [-0.15, -0.1) is 0 Å². The van der Waals surface area contributed by atoms with Gasteiger partial charge in [0.2, 0.25) is 0 Å². The maximum Gasteiger partial charge on any atom is 0.309 e. The van der Waals surface area contributed by atoms with Crippen LogP contribution in [-0.2, 0) is 17.8 Å². The van der Waals surface area contributed by atoms with E-state index in [1.54, 1.807) is 25.3 Å². The van der Waals surface area contributed by atoms with E-state index in [1.165, 1.54) is 6.07 Å². The van der Waals surface area contributed by atoms with Crippen LogP contribution in [0.4, 0.5) is 0 Å². The standard InChI is InChI=1S/C14H15NO4/c1-3-15-9(7-14(17)18)6-13(16)11-5-4-10(19-2)8-12(11)15/h4-6,8H,3,7H2,1-2H3,(H,17,18). The Labute approximate surface area is 110 Å². The Hall–Kier alpha value is -2.30. The third-order valence-corrected chi connectivity index (χ3v) is 3.05. The molecule has 0 saturated carbocycles. The van der Waals surface area contributed by atoms with Crippen molar-refractivity contribution in [3.63, 3.8) is 0 Å². The predicted octanol–water partition coefficient (Wildman–Crippen LogP) is 1.66. The number of nitrogens with zero attached hydrogens (tertiary/aromatic N) is 1. The third-order valence-electron chi connectivity index (χ3n) is 3.05. The third kappa shape index (κ3) is 2.45. The topological polar surface area (TPSA) is 68.5 Å².